The van der Waals surface area contributed by atoms with Crippen LogP contribution in [0.15, 0.2) is 28.8 Å². The minimum absolute atomic E-state index is 0.0428. The topological polar surface area (TPSA) is 71.3 Å². The molecular formula is C16H22N4O2. The molecule has 6 nitrogen and oxygen atoms in total. The predicted octanol–water partition coefficient (Wildman–Crippen LogP) is 2.98. The normalized spacial score (nSPS) is 10.8. The molecule has 0 atom stereocenters. The van der Waals surface area contributed by atoms with Crippen LogP contribution in [0.25, 0.3) is 11.4 Å². The summed E-state index contributed by atoms with van der Waals surface area (Å²) in [5, 5.41) is 6.78. The highest BCUT2D eigenvalue weighted by Crippen LogP contribution is 2.17. The molecule has 1 heterocycles. The minimum atomic E-state index is -0.132. The average Bonchev–Trinajstić information content (AvgIpc) is 2.94. The molecule has 0 aliphatic rings. The zero-order chi connectivity index (χ0) is 16.1. The number of hydrogen-bond acceptors (Lipinski definition) is 4. The quantitative estimate of drug-likeness (QED) is 0.921. The zero-order valence-corrected chi connectivity index (χ0v) is 13.5. The van der Waals surface area contributed by atoms with Crippen LogP contribution in [0.3, 0.4) is 0 Å². The van der Waals surface area contributed by atoms with Gasteiger partial charge in [0.25, 0.3) is 0 Å². The van der Waals surface area contributed by atoms with Gasteiger partial charge in [0.15, 0.2) is 0 Å². The van der Waals surface area contributed by atoms with Gasteiger partial charge in [-0.05, 0) is 27.7 Å². The third-order valence-electron chi connectivity index (χ3n) is 3.30. The smallest absolute Gasteiger partial charge is 0.318 e. The van der Waals surface area contributed by atoms with Crippen molar-refractivity contribution in [2.24, 2.45) is 0 Å². The molecule has 1 aromatic carbocycles. The molecule has 0 aliphatic carbocycles. The summed E-state index contributed by atoms with van der Waals surface area (Å²) in [7, 11) is 0. The van der Waals surface area contributed by atoms with Crippen molar-refractivity contribution in [2.75, 3.05) is 6.54 Å². The van der Waals surface area contributed by atoms with Gasteiger partial charge in [0, 0.05) is 18.2 Å². The van der Waals surface area contributed by atoms with Gasteiger partial charge in [-0.3, -0.25) is 0 Å². The highest BCUT2D eigenvalue weighted by atomic mass is 16.5. The number of hydrogen-bond donors (Lipinski definition) is 1. The molecule has 0 radical (unpaired) electrons. The summed E-state index contributed by atoms with van der Waals surface area (Å²) in [4.78, 5) is 18.1. The highest BCUT2D eigenvalue weighted by Gasteiger charge is 2.20. The number of benzene rings is 1. The zero-order valence-electron chi connectivity index (χ0n) is 13.5. The van der Waals surface area contributed by atoms with E-state index >= 15 is 0 Å². The monoisotopic (exact) mass is 302 g/mol. The molecule has 0 saturated heterocycles. The SMILES string of the molecule is CCNC(=O)N(Cc1nc(-c2ccc(C)cc2)no1)C(C)C. The number of aryl methyl sites for hydroxylation is 1. The third kappa shape index (κ3) is 3.84. The van der Waals surface area contributed by atoms with Gasteiger partial charge in [-0.1, -0.05) is 35.0 Å². The van der Waals surface area contributed by atoms with E-state index in [1.807, 2.05) is 52.0 Å². The summed E-state index contributed by atoms with van der Waals surface area (Å²) >= 11 is 0. The Hall–Kier alpha value is -2.37. The lowest BCUT2D eigenvalue weighted by Gasteiger charge is -2.24. The lowest BCUT2D eigenvalue weighted by molar-refractivity contribution is 0.170. The van der Waals surface area contributed by atoms with Crippen molar-refractivity contribution in [3.05, 3.63) is 35.7 Å². The van der Waals surface area contributed by atoms with E-state index in [0.29, 0.717) is 24.8 Å². The molecule has 1 aromatic heterocycles. The Labute approximate surface area is 130 Å². The fourth-order valence-corrected chi connectivity index (χ4v) is 2.03. The maximum Gasteiger partial charge on any atom is 0.318 e. The lowest BCUT2D eigenvalue weighted by atomic mass is 10.1. The second-order valence-corrected chi connectivity index (χ2v) is 5.43. The summed E-state index contributed by atoms with van der Waals surface area (Å²) in [6.07, 6.45) is 0. The second-order valence-electron chi connectivity index (χ2n) is 5.43. The first-order valence-corrected chi connectivity index (χ1v) is 7.45. The Morgan fingerprint density at radius 2 is 2.00 bits per heavy atom. The molecular weight excluding hydrogens is 280 g/mol. The van der Waals surface area contributed by atoms with E-state index in [1.54, 1.807) is 4.90 Å². The molecule has 6 heteroatoms. The van der Waals surface area contributed by atoms with Crippen LogP contribution in [0, 0.1) is 6.92 Å². The number of amides is 2. The van der Waals surface area contributed by atoms with Crippen LogP contribution in [0.5, 0.6) is 0 Å². The van der Waals surface area contributed by atoms with Gasteiger partial charge in [0.1, 0.15) is 6.54 Å². The molecule has 0 aliphatic heterocycles. The van der Waals surface area contributed by atoms with Crippen LogP contribution in [0.4, 0.5) is 4.79 Å². The number of nitrogens with one attached hydrogen (secondary N) is 1. The first kappa shape index (κ1) is 16.0. The van der Waals surface area contributed by atoms with Crippen LogP contribution in [-0.2, 0) is 6.54 Å². The molecule has 22 heavy (non-hydrogen) atoms. The van der Waals surface area contributed by atoms with Gasteiger partial charge in [-0.2, -0.15) is 4.98 Å². The number of rotatable bonds is 5. The van der Waals surface area contributed by atoms with E-state index in [2.05, 4.69) is 15.5 Å². The molecule has 0 bridgehead atoms. The van der Waals surface area contributed by atoms with Gasteiger partial charge < -0.3 is 14.7 Å². The molecule has 0 spiro atoms. The van der Waals surface area contributed by atoms with E-state index in [9.17, 15) is 4.79 Å². The van der Waals surface area contributed by atoms with Crippen molar-refractivity contribution < 1.29 is 9.32 Å². The Balaban J connectivity index is 2.13. The maximum atomic E-state index is 12.0. The van der Waals surface area contributed by atoms with Crippen LogP contribution < -0.4 is 5.32 Å². The van der Waals surface area contributed by atoms with E-state index in [0.717, 1.165) is 5.56 Å². The standard InChI is InChI=1S/C16H22N4O2/c1-5-17-16(21)20(11(2)3)10-14-18-15(19-22-14)13-8-6-12(4)7-9-13/h6-9,11H,5,10H2,1-4H3,(H,17,21). The Morgan fingerprint density at radius 3 is 2.59 bits per heavy atom. The summed E-state index contributed by atoms with van der Waals surface area (Å²) in [6.45, 7) is 8.69. The summed E-state index contributed by atoms with van der Waals surface area (Å²) in [5.41, 5.74) is 2.07. The van der Waals surface area contributed by atoms with E-state index in [1.165, 1.54) is 5.56 Å². The number of aromatic nitrogens is 2. The molecule has 2 amide bonds. The summed E-state index contributed by atoms with van der Waals surface area (Å²) in [5.74, 6) is 0.963. The highest BCUT2D eigenvalue weighted by molar-refractivity contribution is 5.74. The summed E-state index contributed by atoms with van der Waals surface area (Å²) in [6, 6.07) is 7.82. The molecule has 0 saturated carbocycles. The Bertz CT molecular complexity index is 619. The first-order chi connectivity index (χ1) is 10.5. The fraction of sp³-hybridized carbons (Fsp3) is 0.438. The van der Waals surface area contributed by atoms with Crippen molar-refractivity contribution >= 4 is 6.03 Å². The van der Waals surface area contributed by atoms with E-state index < -0.39 is 0 Å². The minimum Gasteiger partial charge on any atom is -0.338 e. The van der Waals surface area contributed by atoms with Crippen molar-refractivity contribution in [2.45, 2.75) is 40.3 Å². The molecule has 0 fully saturated rings. The van der Waals surface area contributed by atoms with E-state index in [-0.39, 0.29) is 12.1 Å². The van der Waals surface area contributed by atoms with Crippen molar-refractivity contribution in [1.82, 2.24) is 20.4 Å². The largest absolute Gasteiger partial charge is 0.338 e. The molecule has 2 aromatic rings. The van der Waals surface area contributed by atoms with Crippen LogP contribution in [0.1, 0.15) is 32.2 Å². The van der Waals surface area contributed by atoms with Crippen molar-refractivity contribution in [3.8, 4) is 11.4 Å². The molecule has 0 unspecified atom stereocenters. The van der Waals surface area contributed by atoms with Gasteiger partial charge in [-0.25, -0.2) is 4.79 Å². The second kappa shape index (κ2) is 7.06. The third-order valence-corrected chi connectivity index (χ3v) is 3.30. The number of nitrogens with zero attached hydrogens (tertiary/aromatic N) is 3. The van der Waals surface area contributed by atoms with Gasteiger partial charge in [-0.15, -0.1) is 0 Å². The molecule has 1 N–H and O–H groups in total. The maximum absolute atomic E-state index is 12.0. The van der Waals surface area contributed by atoms with Gasteiger partial charge in [0.2, 0.25) is 11.7 Å². The Morgan fingerprint density at radius 1 is 1.32 bits per heavy atom. The number of carbonyl (C=O) groups is 1. The average molecular weight is 302 g/mol. The Kier molecular flexibility index (Phi) is 5.14. The number of carbonyl (C=O) groups excluding carboxylic acids is 1. The van der Waals surface area contributed by atoms with E-state index in [4.69, 9.17) is 4.52 Å². The van der Waals surface area contributed by atoms with Gasteiger partial charge in [0.05, 0.1) is 0 Å². The summed E-state index contributed by atoms with van der Waals surface area (Å²) < 4.78 is 5.28. The predicted molar refractivity (Wildman–Crippen MR) is 84.2 cm³/mol. The first-order valence-electron chi connectivity index (χ1n) is 7.45. The molecule has 118 valence electrons. The van der Waals surface area contributed by atoms with Crippen LogP contribution in [0.2, 0.25) is 0 Å². The van der Waals surface area contributed by atoms with Crippen molar-refractivity contribution in [1.29, 1.82) is 0 Å². The number of urea groups is 1. The lowest BCUT2D eigenvalue weighted by Crippen LogP contribution is -2.43. The van der Waals surface area contributed by atoms with Crippen molar-refractivity contribution in [3.63, 3.8) is 0 Å². The molecule has 2 rings (SSSR count). The van der Waals surface area contributed by atoms with Crippen LogP contribution >= 0.6 is 0 Å². The van der Waals surface area contributed by atoms with Gasteiger partial charge >= 0.3 is 6.03 Å². The van der Waals surface area contributed by atoms with Crippen LogP contribution in [-0.4, -0.2) is 33.7 Å². The fourth-order valence-electron chi connectivity index (χ4n) is 2.03.